The number of hydrogen-bond donors (Lipinski definition) is 0. The number of likely N-dealkylation sites (tertiary alicyclic amines) is 1. The topological polar surface area (TPSA) is 63.9 Å². The van der Waals surface area contributed by atoms with E-state index in [4.69, 9.17) is 11.6 Å². The Morgan fingerprint density at radius 2 is 2.14 bits per heavy atom. The van der Waals surface area contributed by atoms with Crippen LogP contribution in [0.2, 0.25) is 5.02 Å². The van der Waals surface area contributed by atoms with E-state index in [1.807, 2.05) is 17.2 Å². The molecule has 1 aliphatic rings. The van der Waals surface area contributed by atoms with Crippen molar-refractivity contribution in [1.82, 2.24) is 24.9 Å². The van der Waals surface area contributed by atoms with E-state index in [1.54, 1.807) is 17.1 Å². The van der Waals surface area contributed by atoms with Crippen molar-refractivity contribution in [3.63, 3.8) is 0 Å². The molecule has 0 unspecified atom stereocenters. The molecule has 1 saturated heterocycles. The summed E-state index contributed by atoms with van der Waals surface area (Å²) >= 11 is 5.91. The Balaban J connectivity index is 1.64. The number of rotatable bonds is 4. The van der Waals surface area contributed by atoms with Crippen LogP contribution in [0.25, 0.3) is 0 Å². The van der Waals surface area contributed by atoms with Crippen LogP contribution in [0, 0.1) is 0 Å². The molecule has 1 amide bonds. The SMILES string of the molecule is O=C1CCCCN1Cc1cn(Cc2cncc(Cl)c2)nn1. The molecule has 0 bridgehead atoms. The molecule has 7 heteroatoms. The van der Waals surface area contributed by atoms with Gasteiger partial charge >= 0.3 is 0 Å². The zero-order chi connectivity index (χ0) is 14.7. The highest BCUT2D eigenvalue weighted by molar-refractivity contribution is 6.30. The Hall–Kier alpha value is -1.95. The number of halogens is 1. The predicted octanol–water partition coefficient (Wildman–Crippen LogP) is 1.89. The minimum absolute atomic E-state index is 0.204. The molecule has 21 heavy (non-hydrogen) atoms. The minimum Gasteiger partial charge on any atom is -0.337 e. The largest absolute Gasteiger partial charge is 0.337 e. The van der Waals surface area contributed by atoms with Gasteiger partial charge in [0.1, 0.15) is 5.69 Å². The Kier molecular flexibility index (Phi) is 4.15. The average molecular weight is 306 g/mol. The zero-order valence-electron chi connectivity index (χ0n) is 11.6. The summed E-state index contributed by atoms with van der Waals surface area (Å²) in [6.45, 7) is 1.91. The number of piperidine rings is 1. The maximum absolute atomic E-state index is 11.8. The molecule has 1 aliphatic heterocycles. The van der Waals surface area contributed by atoms with E-state index < -0.39 is 0 Å². The van der Waals surface area contributed by atoms with Crippen LogP contribution in [-0.2, 0) is 17.9 Å². The number of carbonyl (C=O) groups is 1. The summed E-state index contributed by atoms with van der Waals surface area (Å²) < 4.78 is 1.73. The molecular formula is C14H16ClN5O. The van der Waals surface area contributed by atoms with Crippen molar-refractivity contribution in [3.05, 3.63) is 40.9 Å². The molecule has 2 aromatic heterocycles. The molecule has 3 rings (SSSR count). The molecule has 0 atom stereocenters. The normalized spacial score (nSPS) is 15.5. The monoisotopic (exact) mass is 305 g/mol. The second-order valence-corrected chi connectivity index (χ2v) is 5.63. The van der Waals surface area contributed by atoms with Crippen molar-refractivity contribution >= 4 is 17.5 Å². The standard InChI is InChI=1S/C14H16ClN5O/c15-12-5-11(6-16-7-12)8-20-10-13(17-18-20)9-19-4-2-1-3-14(19)21/h5-7,10H,1-4,8-9H2. The molecule has 0 radical (unpaired) electrons. The van der Waals surface area contributed by atoms with Crippen LogP contribution in [-0.4, -0.2) is 37.3 Å². The van der Waals surface area contributed by atoms with Crippen molar-refractivity contribution in [3.8, 4) is 0 Å². The van der Waals surface area contributed by atoms with E-state index in [0.717, 1.165) is 30.6 Å². The van der Waals surface area contributed by atoms with Crippen LogP contribution in [0.4, 0.5) is 0 Å². The van der Waals surface area contributed by atoms with E-state index in [0.29, 0.717) is 24.5 Å². The van der Waals surface area contributed by atoms with Gasteiger partial charge in [0.25, 0.3) is 0 Å². The van der Waals surface area contributed by atoms with E-state index in [-0.39, 0.29) is 5.91 Å². The first-order valence-corrected chi connectivity index (χ1v) is 7.35. The van der Waals surface area contributed by atoms with Gasteiger partial charge in [0, 0.05) is 25.4 Å². The Bertz CT molecular complexity index is 642. The number of pyridine rings is 1. The van der Waals surface area contributed by atoms with Gasteiger partial charge in [0.05, 0.1) is 24.3 Å². The van der Waals surface area contributed by atoms with Crippen molar-refractivity contribution < 1.29 is 4.79 Å². The number of aromatic nitrogens is 4. The lowest BCUT2D eigenvalue weighted by molar-refractivity contribution is -0.133. The smallest absolute Gasteiger partial charge is 0.222 e. The fraction of sp³-hybridized carbons (Fsp3) is 0.429. The highest BCUT2D eigenvalue weighted by atomic mass is 35.5. The molecule has 1 fully saturated rings. The molecule has 110 valence electrons. The number of amides is 1. The van der Waals surface area contributed by atoms with Crippen molar-refractivity contribution in [2.45, 2.75) is 32.4 Å². The third-order valence-corrected chi connectivity index (χ3v) is 3.67. The van der Waals surface area contributed by atoms with Gasteiger partial charge in [0.2, 0.25) is 5.91 Å². The van der Waals surface area contributed by atoms with Gasteiger partial charge in [0.15, 0.2) is 0 Å². The lowest BCUT2D eigenvalue weighted by atomic mass is 10.1. The molecule has 0 N–H and O–H groups in total. The molecule has 0 aliphatic carbocycles. The molecular weight excluding hydrogens is 290 g/mol. The summed E-state index contributed by atoms with van der Waals surface area (Å²) in [6.07, 6.45) is 7.91. The molecule has 2 aromatic rings. The van der Waals surface area contributed by atoms with E-state index in [2.05, 4.69) is 15.3 Å². The van der Waals surface area contributed by atoms with Gasteiger partial charge in [-0.1, -0.05) is 16.8 Å². The lowest BCUT2D eigenvalue weighted by Gasteiger charge is -2.25. The minimum atomic E-state index is 0.204. The van der Waals surface area contributed by atoms with Crippen LogP contribution in [0.5, 0.6) is 0 Å². The molecule has 3 heterocycles. The van der Waals surface area contributed by atoms with E-state index >= 15 is 0 Å². The van der Waals surface area contributed by atoms with E-state index in [9.17, 15) is 4.79 Å². The number of hydrogen-bond acceptors (Lipinski definition) is 4. The van der Waals surface area contributed by atoms with Gasteiger partial charge in [-0.3, -0.25) is 9.78 Å². The van der Waals surface area contributed by atoms with Crippen molar-refractivity contribution in [2.24, 2.45) is 0 Å². The van der Waals surface area contributed by atoms with Crippen LogP contribution in [0.3, 0.4) is 0 Å². The molecule has 0 saturated carbocycles. The Morgan fingerprint density at radius 1 is 1.24 bits per heavy atom. The fourth-order valence-electron chi connectivity index (χ4n) is 2.44. The van der Waals surface area contributed by atoms with E-state index in [1.165, 1.54) is 0 Å². The average Bonchev–Trinajstić information content (AvgIpc) is 2.89. The van der Waals surface area contributed by atoms with Crippen LogP contribution >= 0.6 is 11.6 Å². The quantitative estimate of drug-likeness (QED) is 0.865. The highest BCUT2D eigenvalue weighted by Crippen LogP contribution is 2.14. The number of carbonyl (C=O) groups excluding carboxylic acids is 1. The summed E-state index contributed by atoms with van der Waals surface area (Å²) in [4.78, 5) is 17.7. The summed E-state index contributed by atoms with van der Waals surface area (Å²) in [6, 6.07) is 1.85. The summed E-state index contributed by atoms with van der Waals surface area (Å²) in [5, 5.41) is 8.82. The van der Waals surface area contributed by atoms with Crippen LogP contribution in [0.15, 0.2) is 24.7 Å². The summed E-state index contributed by atoms with van der Waals surface area (Å²) in [7, 11) is 0. The van der Waals surface area contributed by atoms with Crippen LogP contribution < -0.4 is 0 Å². The molecule has 0 spiro atoms. The third-order valence-electron chi connectivity index (χ3n) is 3.47. The van der Waals surface area contributed by atoms with Crippen molar-refractivity contribution in [2.75, 3.05) is 6.54 Å². The van der Waals surface area contributed by atoms with Gasteiger partial charge in [-0.2, -0.15) is 0 Å². The first kappa shape index (κ1) is 14.0. The first-order valence-electron chi connectivity index (χ1n) is 6.97. The second kappa shape index (κ2) is 6.22. The van der Waals surface area contributed by atoms with Gasteiger partial charge in [-0.05, 0) is 24.5 Å². The maximum Gasteiger partial charge on any atom is 0.222 e. The number of nitrogens with zero attached hydrogens (tertiary/aromatic N) is 5. The third kappa shape index (κ3) is 3.58. The van der Waals surface area contributed by atoms with Gasteiger partial charge in [-0.15, -0.1) is 5.10 Å². The van der Waals surface area contributed by atoms with Crippen molar-refractivity contribution in [1.29, 1.82) is 0 Å². The van der Waals surface area contributed by atoms with Gasteiger partial charge < -0.3 is 4.90 Å². The summed E-state index contributed by atoms with van der Waals surface area (Å²) in [5.74, 6) is 0.204. The maximum atomic E-state index is 11.8. The Labute approximate surface area is 127 Å². The lowest BCUT2D eigenvalue weighted by Crippen LogP contribution is -2.34. The molecule has 0 aromatic carbocycles. The fourth-order valence-corrected chi connectivity index (χ4v) is 2.64. The summed E-state index contributed by atoms with van der Waals surface area (Å²) in [5.41, 5.74) is 1.77. The first-order chi connectivity index (χ1) is 10.2. The highest BCUT2D eigenvalue weighted by Gasteiger charge is 2.19. The van der Waals surface area contributed by atoms with Gasteiger partial charge in [-0.25, -0.2) is 4.68 Å². The Morgan fingerprint density at radius 3 is 2.95 bits per heavy atom. The zero-order valence-corrected chi connectivity index (χ0v) is 12.3. The molecule has 6 nitrogen and oxygen atoms in total. The second-order valence-electron chi connectivity index (χ2n) is 5.19. The van der Waals surface area contributed by atoms with Crippen LogP contribution in [0.1, 0.15) is 30.5 Å². The predicted molar refractivity (Wildman–Crippen MR) is 77.6 cm³/mol.